The standard InChI is InChI=1S/C15H21NO5S/c1-16(12-4-2-3-5-13(12)17)22(18,19)11-6-7-14-15(10-11)21-9-8-20-14/h6-7,10,12-13,17H,2-5,8-9H2,1H3/t12-,13-/m1/s1. The SMILES string of the molecule is CN([C@@H]1CCCC[C@H]1O)S(=O)(=O)c1ccc2c(c1)OCCO2. The van der Waals surface area contributed by atoms with E-state index in [0.29, 0.717) is 37.6 Å². The van der Waals surface area contributed by atoms with E-state index in [-0.39, 0.29) is 10.9 Å². The van der Waals surface area contributed by atoms with E-state index in [1.54, 1.807) is 6.07 Å². The molecular formula is C15H21NO5S. The average Bonchev–Trinajstić information content (AvgIpc) is 2.54. The maximum Gasteiger partial charge on any atom is 0.243 e. The molecule has 1 N–H and O–H groups in total. The summed E-state index contributed by atoms with van der Waals surface area (Å²) in [7, 11) is -2.13. The highest BCUT2D eigenvalue weighted by Gasteiger charge is 2.34. The molecule has 22 heavy (non-hydrogen) atoms. The molecule has 0 bridgehead atoms. The van der Waals surface area contributed by atoms with Crippen LogP contribution in [0, 0.1) is 0 Å². The molecular weight excluding hydrogens is 306 g/mol. The van der Waals surface area contributed by atoms with Crippen molar-refractivity contribution in [2.75, 3.05) is 20.3 Å². The van der Waals surface area contributed by atoms with Gasteiger partial charge >= 0.3 is 0 Å². The fourth-order valence-corrected chi connectivity index (χ4v) is 4.48. The molecule has 1 aromatic rings. The third-order valence-corrected chi connectivity index (χ3v) is 6.23. The molecule has 2 aliphatic rings. The molecule has 0 amide bonds. The summed E-state index contributed by atoms with van der Waals surface area (Å²) < 4.78 is 37.7. The summed E-state index contributed by atoms with van der Waals surface area (Å²) in [6.45, 7) is 0.876. The van der Waals surface area contributed by atoms with Crippen molar-refractivity contribution in [1.82, 2.24) is 4.31 Å². The normalized spacial score (nSPS) is 25.2. The maximum atomic E-state index is 12.8. The summed E-state index contributed by atoms with van der Waals surface area (Å²) in [5.41, 5.74) is 0. The Morgan fingerprint density at radius 2 is 1.82 bits per heavy atom. The Balaban J connectivity index is 1.88. The second-order valence-corrected chi connectivity index (χ2v) is 7.74. The van der Waals surface area contributed by atoms with Crippen molar-refractivity contribution < 1.29 is 23.0 Å². The minimum absolute atomic E-state index is 0.164. The summed E-state index contributed by atoms with van der Waals surface area (Å²) in [4.78, 5) is 0.164. The second-order valence-electron chi connectivity index (χ2n) is 5.75. The highest BCUT2D eigenvalue weighted by molar-refractivity contribution is 7.89. The summed E-state index contributed by atoms with van der Waals surface area (Å²) in [6, 6.07) is 4.27. The first-order valence-corrected chi connectivity index (χ1v) is 9.00. The van der Waals surface area contributed by atoms with Crippen molar-refractivity contribution in [1.29, 1.82) is 0 Å². The monoisotopic (exact) mass is 327 g/mol. The topological polar surface area (TPSA) is 76.1 Å². The van der Waals surface area contributed by atoms with Gasteiger partial charge in [0.2, 0.25) is 10.0 Å². The Morgan fingerprint density at radius 3 is 2.55 bits per heavy atom. The maximum absolute atomic E-state index is 12.8. The van der Waals surface area contributed by atoms with Gasteiger partial charge in [0, 0.05) is 13.1 Å². The van der Waals surface area contributed by atoms with Crippen LogP contribution in [-0.4, -0.2) is 50.2 Å². The third kappa shape index (κ3) is 2.80. The lowest BCUT2D eigenvalue weighted by Crippen LogP contribution is -2.46. The van der Waals surface area contributed by atoms with Gasteiger partial charge in [0.15, 0.2) is 11.5 Å². The first-order chi connectivity index (χ1) is 10.5. The van der Waals surface area contributed by atoms with Crippen LogP contribution in [0.5, 0.6) is 11.5 Å². The van der Waals surface area contributed by atoms with Crippen LogP contribution in [0.4, 0.5) is 0 Å². The zero-order valence-electron chi connectivity index (χ0n) is 12.6. The van der Waals surface area contributed by atoms with Crippen molar-refractivity contribution in [2.45, 2.75) is 42.7 Å². The van der Waals surface area contributed by atoms with Crippen LogP contribution in [0.2, 0.25) is 0 Å². The van der Waals surface area contributed by atoms with Crippen LogP contribution in [0.3, 0.4) is 0 Å². The number of ether oxygens (including phenoxy) is 2. The van der Waals surface area contributed by atoms with Gasteiger partial charge in [-0.15, -0.1) is 0 Å². The summed E-state index contributed by atoms with van der Waals surface area (Å²) in [5, 5.41) is 10.1. The zero-order valence-corrected chi connectivity index (χ0v) is 13.4. The number of hydrogen-bond acceptors (Lipinski definition) is 5. The molecule has 6 nitrogen and oxygen atoms in total. The number of benzene rings is 1. The second kappa shape index (κ2) is 6.06. The molecule has 1 heterocycles. The Bertz CT molecular complexity index is 645. The molecule has 0 spiro atoms. The molecule has 1 fully saturated rings. The minimum atomic E-state index is -3.67. The van der Waals surface area contributed by atoms with E-state index in [0.717, 1.165) is 12.8 Å². The fraction of sp³-hybridized carbons (Fsp3) is 0.600. The van der Waals surface area contributed by atoms with E-state index in [4.69, 9.17) is 9.47 Å². The number of aliphatic hydroxyl groups excluding tert-OH is 1. The molecule has 0 aromatic heterocycles. The number of nitrogens with zero attached hydrogens (tertiary/aromatic N) is 1. The average molecular weight is 327 g/mol. The third-order valence-electron chi connectivity index (χ3n) is 4.35. The smallest absolute Gasteiger partial charge is 0.243 e. The molecule has 1 aliphatic heterocycles. The van der Waals surface area contributed by atoms with Gasteiger partial charge in [-0.2, -0.15) is 4.31 Å². The lowest BCUT2D eigenvalue weighted by Gasteiger charge is -2.34. The lowest BCUT2D eigenvalue weighted by atomic mass is 9.93. The number of fused-ring (bicyclic) bond motifs is 1. The van der Waals surface area contributed by atoms with Gasteiger partial charge in [-0.05, 0) is 25.0 Å². The van der Waals surface area contributed by atoms with Crippen molar-refractivity contribution in [3.8, 4) is 11.5 Å². The molecule has 7 heteroatoms. The summed E-state index contributed by atoms with van der Waals surface area (Å²) >= 11 is 0. The van der Waals surface area contributed by atoms with E-state index in [1.807, 2.05) is 0 Å². The van der Waals surface area contributed by atoms with E-state index >= 15 is 0 Å². The largest absolute Gasteiger partial charge is 0.486 e. The van der Waals surface area contributed by atoms with Crippen LogP contribution in [0.1, 0.15) is 25.7 Å². The Labute approximate surface area is 130 Å². The van der Waals surface area contributed by atoms with E-state index in [9.17, 15) is 13.5 Å². The Morgan fingerprint density at radius 1 is 1.14 bits per heavy atom. The van der Waals surface area contributed by atoms with Gasteiger partial charge in [-0.1, -0.05) is 12.8 Å². The van der Waals surface area contributed by atoms with E-state index in [1.165, 1.54) is 23.5 Å². The number of rotatable bonds is 3. The van der Waals surface area contributed by atoms with Crippen molar-refractivity contribution >= 4 is 10.0 Å². The van der Waals surface area contributed by atoms with Crippen molar-refractivity contribution in [2.24, 2.45) is 0 Å². The fourth-order valence-electron chi connectivity index (χ4n) is 3.04. The molecule has 122 valence electrons. The number of hydrogen-bond donors (Lipinski definition) is 1. The zero-order chi connectivity index (χ0) is 15.7. The molecule has 0 radical (unpaired) electrons. The summed E-state index contributed by atoms with van der Waals surface area (Å²) in [6.07, 6.45) is 2.59. The molecule has 0 unspecified atom stereocenters. The van der Waals surface area contributed by atoms with Crippen LogP contribution in [0.15, 0.2) is 23.1 Å². The van der Waals surface area contributed by atoms with E-state index in [2.05, 4.69) is 0 Å². The van der Waals surface area contributed by atoms with Crippen molar-refractivity contribution in [3.63, 3.8) is 0 Å². The van der Waals surface area contributed by atoms with Gasteiger partial charge in [-0.25, -0.2) is 8.42 Å². The van der Waals surface area contributed by atoms with Gasteiger partial charge in [0.1, 0.15) is 13.2 Å². The van der Waals surface area contributed by atoms with Crippen LogP contribution in [0.25, 0.3) is 0 Å². The van der Waals surface area contributed by atoms with Gasteiger partial charge in [0.05, 0.1) is 17.0 Å². The number of aliphatic hydroxyl groups is 1. The first-order valence-electron chi connectivity index (χ1n) is 7.56. The van der Waals surface area contributed by atoms with Crippen LogP contribution in [-0.2, 0) is 10.0 Å². The highest BCUT2D eigenvalue weighted by atomic mass is 32.2. The van der Waals surface area contributed by atoms with Crippen LogP contribution < -0.4 is 9.47 Å². The Kier molecular flexibility index (Phi) is 4.29. The van der Waals surface area contributed by atoms with Gasteiger partial charge in [0.25, 0.3) is 0 Å². The molecule has 3 rings (SSSR count). The van der Waals surface area contributed by atoms with Crippen molar-refractivity contribution in [3.05, 3.63) is 18.2 Å². The predicted molar refractivity (Wildman–Crippen MR) is 80.6 cm³/mol. The van der Waals surface area contributed by atoms with Gasteiger partial charge < -0.3 is 14.6 Å². The molecule has 1 saturated carbocycles. The highest BCUT2D eigenvalue weighted by Crippen LogP contribution is 2.34. The first kappa shape index (κ1) is 15.6. The van der Waals surface area contributed by atoms with Gasteiger partial charge in [-0.3, -0.25) is 0 Å². The minimum Gasteiger partial charge on any atom is -0.486 e. The van der Waals surface area contributed by atoms with Crippen LogP contribution >= 0.6 is 0 Å². The molecule has 1 aromatic carbocycles. The lowest BCUT2D eigenvalue weighted by molar-refractivity contribution is 0.0638. The predicted octanol–water partition coefficient (Wildman–Crippen LogP) is 1.38. The molecule has 0 saturated heterocycles. The quantitative estimate of drug-likeness (QED) is 0.908. The number of sulfonamides is 1. The molecule has 1 aliphatic carbocycles. The number of likely N-dealkylation sites (N-methyl/N-ethyl adjacent to an activating group) is 1. The summed E-state index contributed by atoms with van der Waals surface area (Å²) in [5.74, 6) is 1.01. The Hall–Kier alpha value is -1.31. The molecule has 2 atom stereocenters. The van der Waals surface area contributed by atoms with E-state index < -0.39 is 16.1 Å².